The van der Waals surface area contributed by atoms with E-state index >= 15 is 0 Å². The quantitative estimate of drug-likeness (QED) is 0.825. The zero-order valence-corrected chi connectivity index (χ0v) is 13.3. The van der Waals surface area contributed by atoms with Gasteiger partial charge >= 0.3 is 5.97 Å². The zero-order valence-electron chi connectivity index (χ0n) is 13.3. The van der Waals surface area contributed by atoms with Crippen molar-refractivity contribution in [2.75, 3.05) is 39.3 Å². The van der Waals surface area contributed by atoms with E-state index in [4.69, 9.17) is 5.11 Å². The topological polar surface area (TPSA) is 85.8 Å². The van der Waals surface area contributed by atoms with Crippen LogP contribution in [0.2, 0.25) is 0 Å². The van der Waals surface area contributed by atoms with Gasteiger partial charge in [0.1, 0.15) is 5.69 Å². The summed E-state index contributed by atoms with van der Waals surface area (Å²) in [4.78, 5) is 32.2. The van der Waals surface area contributed by atoms with Crippen molar-refractivity contribution >= 4 is 11.9 Å². The Kier molecular flexibility index (Phi) is 4.58. The molecular weight excluding hydrogens is 296 g/mol. The molecule has 0 radical (unpaired) electrons. The molecule has 4 heterocycles. The molecule has 124 valence electrons. The molecule has 0 aliphatic carbocycles. The van der Waals surface area contributed by atoms with Crippen molar-refractivity contribution in [3.8, 4) is 0 Å². The number of fused-ring (bicyclic) bond motifs is 4. The summed E-state index contributed by atoms with van der Waals surface area (Å²) in [6.07, 6.45) is 1.18. The number of carbonyl (C=O) groups excluding carboxylic acids is 1. The van der Waals surface area contributed by atoms with E-state index in [1.165, 1.54) is 18.6 Å². The van der Waals surface area contributed by atoms with Gasteiger partial charge in [-0.25, -0.2) is 9.78 Å². The van der Waals surface area contributed by atoms with Crippen LogP contribution < -0.4 is 5.32 Å². The average Bonchev–Trinajstić information content (AvgIpc) is 2.87. The van der Waals surface area contributed by atoms with Crippen LogP contribution in [0.1, 0.15) is 33.0 Å². The number of carbonyl (C=O) groups is 2. The molecule has 3 saturated heterocycles. The molecule has 0 aromatic carbocycles. The molecule has 3 unspecified atom stereocenters. The maximum absolute atomic E-state index is 12.3. The molecule has 4 rings (SSSR count). The molecule has 3 aliphatic heterocycles. The number of hydrogen-bond acceptors (Lipinski definition) is 5. The second kappa shape index (κ2) is 6.64. The van der Waals surface area contributed by atoms with Gasteiger partial charge in [0.25, 0.3) is 5.91 Å². The fourth-order valence-electron chi connectivity index (χ4n) is 3.36. The van der Waals surface area contributed by atoms with Gasteiger partial charge in [-0.1, -0.05) is 0 Å². The Hall–Kier alpha value is -1.99. The molecule has 3 aliphatic rings. The van der Waals surface area contributed by atoms with E-state index in [1.54, 1.807) is 6.92 Å². The normalized spacial score (nSPS) is 26.6. The maximum Gasteiger partial charge on any atom is 0.337 e. The smallest absolute Gasteiger partial charge is 0.337 e. The standard InChI is InChI=1S/C16H22N4O3/c1-11-13(16(22)23)3-4-14(18-11)15(21)17-9-12-10-19-5-2-6-20(12)8-7-19/h3-4,12H,2,5-10H2,1H3,(H,17,21)(H,22,23). The number of aryl methyl sites for hydroxylation is 1. The van der Waals surface area contributed by atoms with Crippen molar-refractivity contribution in [3.63, 3.8) is 0 Å². The lowest BCUT2D eigenvalue weighted by Crippen LogP contribution is -2.54. The first-order chi connectivity index (χ1) is 11.0. The third-order valence-corrected chi connectivity index (χ3v) is 4.66. The molecule has 2 N–H and O–H groups in total. The molecular formula is C16H22N4O3. The van der Waals surface area contributed by atoms with Gasteiger partial charge in [-0.3, -0.25) is 9.69 Å². The van der Waals surface area contributed by atoms with Gasteiger partial charge in [0, 0.05) is 32.2 Å². The Morgan fingerprint density at radius 3 is 2.87 bits per heavy atom. The van der Waals surface area contributed by atoms with Gasteiger partial charge in [0.05, 0.1) is 11.3 Å². The summed E-state index contributed by atoms with van der Waals surface area (Å²) in [5.74, 6) is -1.28. The monoisotopic (exact) mass is 318 g/mol. The summed E-state index contributed by atoms with van der Waals surface area (Å²) in [6, 6.07) is 3.24. The first-order valence-corrected chi connectivity index (χ1v) is 8.00. The van der Waals surface area contributed by atoms with Gasteiger partial charge in [-0.05, 0) is 38.6 Å². The number of aromatic nitrogens is 1. The number of carboxylic acids is 1. The minimum absolute atomic E-state index is 0.126. The van der Waals surface area contributed by atoms with Crippen LogP contribution in [0.4, 0.5) is 0 Å². The second-order valence-electron chi connectivity index (χ2n) is 6.19. The number of hydrogen-bond donors (Lipinski definition) is 2. The number of piperazine rings is 1. The van der Waals surface area contributed by atoms with Crippen molar-refractivity contribution in [2.24, 2.45) is 0 Å². The maximum atomic E-state index is 12.3. The van der Waals surface area contributed by atoms with Crippen LogP contribution in [-0.2, 0) is 0 Å². The molecule has 1 amide bonds. The lowest BCUT2D eigenvalue weighted by atomic mass is 10.1. The Morgan fingerprint density at radius 2 is 2.13 bits per heavy atom. The number of nitrogens with zero attached hydrogens (tertiary/aromatic N) is 3. The predicted octanol–water partition coefficient (Wildman–Crippen LogP) is 0.208. The largest absolute Gasteiger partial charge is 0.478 e. The Morgan fingerprint density at radius 1 is 1.30 bits per heavy atom. The van der Waals surface area contributed by atoms with Crippen molar-refractivity contribution in [1.29, 1.82) is 0 Å². The minimum Gasteiger partial charge on any atom is -0.478 e. The van der Waals surface area contributed by atoms with E-state index < -0.39 is 5.97 Å². The summed E-state index contributed by atoms with van der Waals surface area (Å²) < 4.78 is 0. The molecule has 3 atom stereocenters. The number of rotatable bonds is 4. The van der Waals surface area contributed by atoms with E-state index in [0.717, 1.165) is 32.7 Å². The van der Waals surface area contributed by atoms with Crippen LogP contribution in [-0.4, -0.2) is 77.1 Å². The van der Waals surface area contributed by atoms with Crippen LogP contribution in [0, 0.1) is 6.92 Å². The average molecular weight is 318 g/mol. The van der Waals surface area contributed by atoms with E-state index in [0.29, 0.717) is 18.3 Å². The highest BCUT2D eigenvalue weighted by Gasteiger charge is 2.29. The Bertz CT molecular complexity index is 615. The molecule has 7 nitrogen and oxygen atoms in total. The molecule has 1 aromatic rings. The van der Waals surface area contributed by atoms with Gasteiger partial charge < -0.3 is 15.3 Å². The molecule has 0 saturated carbocycles. The van der Waals surface area contributed by atoms with E-state index in [1.807, 2.05) is 0 Å². The summed E-state index contributed by atoms with van der Waals surface area (Å²) in [7, 11) is 0. The number of aromatic carboxylic acids is 1. The van der Waals surface area contributed by atoms with Crippen molar-refractivity contribution in [2.45, 2.75) is 19.4 Å². The third kappa shape index (κ3) is 3.51. The first-order valence-electron chi connectivity index (χ1n) is 8.00. The molecule has 2 bridgehead atoms. The van der Waals surface area contributed by atoms with E-state index in [2.05, 4.69) is 20.1 Å². The molecule has 23 heavy (non-hydrogen) atoms. The number of amides is 1. The highest BCUT2D eigenvalue weighted by Crippen LogP contribution is 2.15. The molecule has 1 aromatic heterocycles. The van der Waals surface area contributed by atoms with Crippen LogP contribution >= 0.6 is 0 Å². The van der Waals surface area contributed by atoms with E-state index in [9.17, 15) is 9.59 Å². The van der Waals surface area contributed by atoms with Gasteiger partial charge in [0.15, 0.2) is 0 Å². The van der Waals surface area contributed by atoms with Crippen LogP contribution in [0.25, 0.3) is 0 Å². The SMILES string of the molecule is Cc1nc(C(=O)NCC2CN3CCCN2CC3)ccc1C(=O)O. The summed E-state index contributed by atoms with van der Waals surface area (Å²) >= 11 is 0. The minimum atomic E-state index is -1.03. The summed E-state index contributed by atoms with van der Waals surface area (Å²) in [5, 5.41) is 11.9. The molecule has 3 fully saturated rings. The first kappa shape index (κ1) is 15.9. The number of pyridine rings is 1. The van der Waals surface area contributed by atoms with Crippen molar-refractivity contribution in [1.82, 2.24) is 20.1 Å². The third-order valence-electron chi connectivity index (χ3n) is 4.66. The zero-order chi connectivity index (χ0) is 16.4. The van der Waals surface area contributed by atoms with Gasteiger partial charge in [-0.15, -0.1) is 0 Å². The lowest BCUT2D eigenvalue weighted by molar-refractivity contribution is 0.0694. The lowest BCUT2D eigenvalue weighted by Gasteiger charge is -2.37. The number of carboxylic acid groups (broad SMARTS) is 1. The fraction of sp³-hybridized carbons (Fsp3) is 0.562. The summed E-state index contributed by atoms with van der Waals surface area (Å²) in [6.45, 7) is 7.58. The Balaban J connectivity index is 1.61. The van der Waals surface area contributed by atoms with Gasteiger partial charge in [0.2, 0.25) is 0 Å². The van der Waals surface area contributed by atoms with Crippen LogP contribution in [0.5, 0.6) is 0 Å². The van der Waals surface area contributed by atoms with Gasteiger partial charge in [-0.2, -0.15) is 0 Å². The highest BCUT2D eigenvalue weighted by atomic mass is 16.4. The van der Waals surface area contributed by atoms with Crippen molar-refractivity contribution in [3.05, 3.63) is 29.1 Å². The fourth-order valence-corrected chi connectivity index (χ4v) is 3.36. The summed E-state index contributed by atoms with van der Waals surface area (Å²) in [5.41, 5.74) is 0.747. The molecule has 0 spiro atoms. The Labute approximate surface area is 135 Å². The number of nitrogens with one attached hydrogen (secondary N) is 1. The predicted molar refractivity (Wildman–Crippen MR) is 84.7 cm³/mol. The molecule has 7 heteroatoms. The second-order valence-corrected chi connectivity index (χ2v) is 6.19. The van der Waals surface area contributed by atoms with Crippen LogP contribution in [0.3, 0.4) is 0 Å². The van der Waals surface area contributed by atoms with Crippen molar-refractivity contribution < 1.29 is 14.7 Å². The van der Waals surface area contributed by atoms with E-state index in [-0.39, 0.29) is 17.2 Å². The highest BCUT2D eigenvalue weighted by molar-refractivity contribution is 5.94. The van der Waals surface area contributed by atoms with Crippen LogP contribution in [0.15, 0.2) is 12.1 Å².